The molecule has 9 atom stereocenters. The van der Waals surface area contributed by atoms with Crippen LogP contribution in [0.3, 0.4) is 0 Å². The number of nitrogens with two attached hydrogens (primary N) is 1. The molecule has 3 aromatic carbocycles. The summed E-state index contributed by atoms with van der Waals surface area (Å²) in [4.78, 5) is 38.4. The number of carbonyl (C=O) groups excluding carboxylic acids is 2. The van der Waals surface area contributed by atoms with E-state index in [0.717, 1.165) is 23.2 Å². The highest BCUT2D eigenvalue weighted by molar-refractivity contribution is 5.97. The zero-order valence-corrected chi connectivity index (χ0v) is 33.8. The van der Waals surface area contributed by atoms with E-state index in [9.17, 15) is 14.7 Å². The molecule has 11 heteroatoms. The van der Waals surface area contributed by atoms with E-state index in [4.69, 9.17) is 10.6 Å². The van der Waals surface area contributed by atoms with Gasteiger partial charge < -0.3 is 31.3 Å². The van der Waals surface area contributed by atoms with Crippen molar-refractivity contribution in [2.75, 3.05) is 46.2 Å². The van der Waals surface area contributed by atoms with E-state index in [1.54, 1.807) is 19.1 Å². The Labute approximate surface area is 326 Å². The molecule has 2 bridgehead atoms. The molecule has 0 aromatic heterocycles. The smallest absolute Gasteiger partial charge is 0.251 e. The molecule has 1 heterocycles. The predicted molar refractivity (Wildman–Crippen MR) is 216 cm³/mol. The van der Waals surface area contributed by atoms with Gasteiger partial charge in [0, 0.05) is 62.0 Å². The molecule has 298 valence electrons. The summed E-state index contributed by atoms with van der Waals surface area (Å²) in [5, 5.41) is 19.0. The van der Waals surface area contributed by atoms with Crippen LogP contribution in [0.1, 0.15) is 62.0 Å². The molecule has 10 nitrogen and oxygen atoms in total. The van der Waals surface area contributed by atoms with E-state index in [-0.39, 0.29) is 42.4 Å². The van der Waals surface area contributed by atoms with Gasteiger partial charge in [-0.3, -0.25) is 14.4 Å². The van der Waals surface area contributed by atoms with Crippen molar-refractivity contribution in [3.63, 3.8) is 0 Å². The van der Waals surface area contributed by atoms with Crippen molar-refractivity contribution in [2.24, 2.45) is 34.8 Å². The second-order valence-electron chi connectivity index (χ2n) is 17.4. The van der Waals surface area contributed by atoms with Crippen LogP contribution in [-0.4, -0.2) is 98.5 Å². The van der Waals surface area contributed by atoms with Gasteiger partial charge >= 0.3 is 0 Å². The highest BCUT2D eigenvalue weighted by atomic mass is 19.1. The van der Waals surface area contributed by atoms with Gasteiger partial charge in [0.2, 0.25) is 5.91 Å². The number of anilines is 1. The van der Waals surface area contributed by atoms with Gasteiger partial charge in [0.05, 0.1) is 18.8 Å². The molecule has 3 aliphatic carbocycles. The predicted octanol–water partition coefficient (Wildman–Crippen LogP) is 5.09. The van der Waals surface area contributed by atoms with Crippen molar-refractivity contribution in [1.82, 2.24) is 20.6 Å². The van der Waals surface area contributed by atoms with E-state index in [1.165, 1.54) is 17.6 Å². The monoisotopic (exact) mass is 756 g/mol. The van der Waals surface area contributed by atoms with Crippen LogP contribution in [0.25, 0.3) is 11.1 Å². The number of aliphatic hydroxyl groups excluding tert-OH is 1. The molecule has 0 radical (unpaired) electrons. The fourth-order valence-corrected chi connectivity index (χ4v) is 9.51. The number of benzene rings is 3. The van der Waals surface area contributed by atoms with Crippen LogP contribution in [0.2, 0.25) is 0 Å². The van der Waals surface area contributed by atoms with Gasteiger partial charge in [0.1, 0.15) is 11.9 Å². The maximum absolute atomic E-state index is 15.8. The molecule has 1 aliphatic heterocycles. The molecule has 0 unspecified atom stereocenters. The van der Waals surface area contributed by atoms with Crippen molar-refractivity contribution in [2.45, 2.75) is 83.8 Å². The summed E-state index contributed by atoms with van der Waals surface area (Å²) in [6, 6.07) is 19.7. The molecule has 5 N–H and O–H groups in total. The van der Waals surface area contributed by atoms with Crippen LogP contribution < -0.4 is 21.3 Å². The number of amides is 2. The number of aliphatic hydroxyl groups is 1. The van der Waals surface area contributed by atoms with Gasteiger partial charge in [-0.2, -0.15) is 5.06 Å². The van der Waals surface area contributed by atoms with Gasteiger partial charge in [-0.1, -0.05) is 57.2 Å². The van der Waals surface area contributed by atoms with Crippen molar-refractivity contribution in [1.29, 1.82) is 0 Å². The first-order valence-corrected chi connectivity index (χ1v) is 19.8. The Hall–Kier alpha value is -3.87. The number of rotatable bonds is 14. The summed E-state index contributed by atoms with van der Waals surface area (Å²) in [7, 11) is 7.82. The number of hydrogen-bond acceptors (Lipinski definition) is 8. The average Bonchev–Trinajstić information content (AvgIpc) is 3.51. The van der Waals surface area contributed by atoms with Gasteiger partial charge in [0.15, 0.2) is 0 Å². The third kappa shape index (κ3) is 8.76. The van der Waals surface area contributed by atoms with Gasteiger partial charge in [0.25, 0.3) is 5.91 Å². The Morgan fingerprint density at radius 1 is 1.04 bits per heavy atom. The highest BCUT2D eigenvalue weighted by Crippen LogP contribution is 2.61. The number of likely N-dealkylation sites (N-methyl/N-ethyl adjacent to an activating group) is 1. The summed E-state index contributed by atoms with van der Waals surface area (Å²) in [5.41, 5.74) is 10.6. The number of halogens is 1. The molecule has 7 rings (SSSR count). The fourth-order valence-electron chi connectivity index (χ4n) is 9.51. The van der Waals surface area contributed by atoms with Gasteiger partial charge in [-0.25, -0.2) is 4.39 Å². The molecular formula is C44H61FN6O4. The number of nitrogens with one attached hydrogen (secondary N) is 2. The minimum Gasteiger partial charge on any atom is -0.393 e. The largest absolute Gasteiger partial charge is 0.393 e. The summed E-state index contributed by atoms with van der Waals surface area (Å²) in [6.07, 6.45) is 1.29. The number of hydrogen-bond donors (Lipinski definition) is 4. The molecule has 3 saturated carbocycles. The first-order valence-electron chi connectivity index (χ1n) is 19.8. The van der Waals surface area contributed by atoms with Crippen molar-refractivity contribution >= 4 is 17.5 Å². The van der Waals surface area contributed by atoms with Crippen LogP contribution in [0.15, 0.2) is 66.7 Å². The molecule has 1 saturated heterocycles. The Balaban J connectivity index is 1.25. The normalized spacial score (nSPS) is 26.9. The topological polar surface area (TPSA) is 123 Å². The third-order valence-corrected chi connectivity index (χ3v) is 12.8. The summed E-state index contributed by atoms with van der Waals surface area (Å²) >= 11 is 0. The average molecular weight is 757 g/mol. The Morgan fingerprint density at radius 3 is 2.38 bits per heavy atom. The minimum atomic E-state index is -0.884. The van der Waals surface area contributed by atoms with Crippen LogP contribution in [0.5, 0.6) is 0 Å². The first-order chi connectivity index (χ1) is 26.1. The van der Waals surface area contributed by atoms with E-state index < -0.39 is 30.0 Å². The third-order valence-electron chi connectivity index (χ3n) is 12.8. The van der Waals surface area contributed by atoms with E-state index in [2.05, 4.69) is 48.4 Å². The van der Waals surface area contributed by atoms with E-state index in [0.29, 0.717) is 47.4 Å². The lowest BCUT2D eigenvalue weighted by Gasteiger charge is -2.62. The van der Waals surface area contributed by atoms with Crippen molar-refractivity contribution in [3.05, 3.63) is 89.2 Å². The van der Waals surface area contributed by atoms with Gasteiger partial charge in [-0.05, 0) is 110 Å². The van der Waals surface area contributed by atoms with Crippen LogP contribution in [0, 0.1) is 34.9 Å². The molecule has 2 amide bonds. The van der Waals surface area contributed by atoms with Gasteiger partial charge in [-0.15, -0.1) is 0 Å². The van der Waals surface area contributed by atoms with Crippen molar-refractivity contribution in [3.8, 4) is 11.1 Å². The van der Waals surface area contributed by atoms with Crippen LogP contribution in [-0.2, 0) is 22.6 Å². The molecule has 55 heavy (non-hydrogen) atoms. The van der Waals surface area contributed by atoms with E-state index >= 15 is 4.39 Å². The molecule has 4 fully saturated rings. The number of hydroxylamine groups is 2. The van der Waals surface area contributed by atoms with Crippen LogP contribution >= 0.6 is 0 Å². The lowest BCUT2D eigenvalue weighted by atomic mass is 9.45. The lowest BCUT2D eigenvalue weighted by Crippen LogP contribution is -2.62. The SMILES string of the molecule is C[C@@H]1[C@@H](NC(=O)[C@@H]2[C@H]([C@H](C)O)[C@H](CN)ON2Cc2cc(-c3cc(C(=O)N[C@@H](Cc4ccccc4)CN(C)C)cc(N(C)C)c3)ccc2F)C[C@@H]2C[C@@H]1C2(C)C. The quantitative estimate of drug-likeness (QED) is 0.180. The Morgan fingerprint density at radius 2 is 1.76 bits per heavy atom. The lowest BCUT2D eigenvalue weighted by molar-refractivity contribution is -0.176. The zero-order valence-electron chi connectivity index (χ0n) is 33.8. The van der Waals surface area contributed by atoms with Crippen LogP contribution in [0.4, 0.5) is 10.1 Å². The summed E-state index contributed by atoms with van der Waals surface area (Å²) < 4.78 is 15.8. The zero-order chi connectivity index (χ0) is 39.8. The second-order valence-corrected chi connectivity index (χ2v) is 17.4. The molecule has 0 spiro atoms. The summed E-state index contributed by atoms with van der Waals surface area (Å²) in [5.74, 6) is -0.0618. The molecule has 3 aromatic rings. The second kappa shape index (κ2) is 16.7. The number of nitrogens with zero attached hydrogens (tertiary/aromatic N) is 3. The Kier molecular flexibility index (Phi) is 12.4. The van der Waals surface area contributed by atoms with Crippen molar-refractivity contribution < 1.29 is 23.9 Å². The molecular weight excluding hydrogens is 696 g/mol. The standard InChI is InChI=1S/C44H61FN6O4/c1-26-36-21-33(44(36,3)4)22-38(26)48-43(54)41-40(27(2)52)39(23-46)55-51(41)24-32-17-29(14-15-37(32)45)30-18-31(20-35(19-30)50(7)8)42(53)47-34(25-49(5)6)16-28-12-10-9-11-13-28/h9-15,17-20,26-27,33-34,36,38-41,52H,16,21-25,46H2,1-8H3,(H,47,53)(H,48,54)/t26-,27-,33-,34-,36-,38-,39-,40+,41-/m0/s1. The first kappa shape index (κ1) is 40.8. The molecule has 4 aliphatic rings. The maximum Gasteiger partial charge on any atom is 0.251 e. The highest BCUT2D eigenvalue weighted by Gasteiger charge is 2.57. The maximum atomic E-state index is 15.8. The fraction of sp³-hybridized carbons (Fsp3) is 0.545. The minimum absolute atomic E-state index is 0.0182. The number of carbonyl (C=O) groups is 2. The summed E-state index contributed by atoms with van der Waals surface area (Å²) in [6.45, 7) is 9.25. The Bertz CT molecular complexity index is 1820. The van der Waals surface area contributed by atoms with E-state index in [1.807, 2.05) is 69.5 Å². The number of fused-ring (bicyclic) bond motifs is 2.